The first-order valence-corrected chi connectivity index (χ1v) is 5.87. The summed E-state index contributed by atoms with van der Waals surface area (Å²) in [5.41, 5.74) is 0.537. The predicted molar refractivity (Wildman–Crippen MR) is 69.0 cm³/mol. The smallest absolute Gasteiger partial charge is 0.276 e. The first-order chi connectivity index (χ1) is 8.26. The molecular formula is C13H19NO4. The molecule has 100 valence electrons. The molecule has 5 nitrogen and oxygen atoms in total. The van der Waals surface area contributed by atoms with E-state index < -0.39 is 10.5 Å². The maximum atomic E-state index is 10.8. The van der Waals surface area contributed by atoms with Gasteiger partial charge in [0, 0.05) is 5.56 Å². The van der Waals surface area contributed by atoms with E-state index in [1.165, 1.54) is 6.07 Å². The van der Waals surface area contributed by atoms with Crippen molar-refractivity contribution in [1.29, 1.82) is 0 Å². The Morgan fingerprint density at radius 2 is 2.00 bits per heavy atom. The quantitative estimate of drug-likeness (QED) is 0.647. The molecule has 1 aromatic rings. The molecule has 0 fully saturated rings. The summed E-state index contributed by atoms with van der Waals surface area (Å²) >= 11 is 0. The Kier molecular flexibility index (Phi) is 4.29. The van der Waals surface area contributed by atoms with Crippen LogP contribution in [0.2, 0.25) is 0 Å². The Morgan fingerprint density at radius 1 is 1.39 bits per heavy atom. The summed E-state index contributed by atoms with van der Waals surface area (Å²) in [6.07, 6.45) is 0.556. The summed E-state index contributed by atoms with van der Waals surface area (Å²) in [7, 11) is 0. The van der Waals surface area contributed by atoms with Gasteiger partial charge in [0.25, 0.3) is 5.69 Å². The van der Waals surface area contributed by atoms with Gasteiger partial charge < -0.3 is 9.84 Å². The van der Waals surface area contributed by atoms with Gasteiger partial charge in [-0.25, -0.2) is 0 Å². The zero-order valence-electron chi connectivity index (χ0n) is 11.2. The molecule has 0 radical (unpaired) electrons. The van der Waals surface area contributed by atoms with Gasteiger partial charge in [0.05, 0.1) is 16.6 Å². The summed E-state index contributed by atoms with van der Waals surface area (Å²) in [5, 5.41) is 20.7. The van der Waals surface area contributed by atoms with E-state index in [9.17, 15) is 15.2 Å². The van der Waals surface area contributed by atoms with Gasteiger partial charge in [-0.3, -0.25) is 10.1 Å². The normalized spacial score (nSPS) is 14.1. The number of benzene rings is 1. The second kappa shape index (κ2) is 5.35. The lowest BCUT2D eigenvalue weighted by molar-refractivity contribution is -0.385. The molecule has 0 aliphatic heterocycles. The van der Waals surface area contributed by atoms with Gasteiger partial charge in [-0.2, -0.15) is 0 Å². The first kappa shape index (κ1) is 14.4. The SMILES string of the molecule is CCC(C)(O)COc1cc([N+](=O)[O-])c(C)cc1C. The lowest BCUT2D eigenvalue weighted by Crippen LogP contribution is -2.31. The number of aliphatic hydroxyl groups is 1. The fourth-order valence-electron chi connectivity index (χ4n) is 1.51. The molecule has 1 aromatic carbocycles. The molecule has 0 aromatic heterocycles. The van der Waals surface area contributed by atoms with Crippen molar-refractivity contribution < 1.29 is 14.8 Å². The molecule has 0 spiro atoms. The number of nitrogens with zero attached hydrogens (tertiary/aromatic N) is 1. The monoisotopic (exact) mass is 253 g/mol. The molecule has 1 atom stereocenters. The van der Waals surface area contributed by atoms with Gasteiger partial charge in [0.2, 0.25) is 0 Å². The molecule has 18 heavy (non-hydrogen) atoms. The average Bonchev–Trinajstić information content (AvgIpc) is 2.27. The molecule has 0 aliphatic rings. The van der Waals surface area contributed by atoms with Crippen molar-refractivity contribution in [3.8, 4) is 5.75 Å². The predicted octanol–water partition coefficient (Wildman–Crippen LogP) is 2.75. The Morgan fingerprint density at radius 3 is 2.50 bits per heavy atom. The van der Waals surface area contributed by atoms with Crippen molar-refractivity contribution in [1.82, 2.24) is 0 Å². The van der Waals surface area contributed by atoms with Crippen LogP contribution < -0.4 is 4.74 Å². The standard InChI is InChI=1S/C13H19NO4/c1-5-13(4,15)8-18-12-7-11(14(16)17)9(2)6-10(12)3/h6-7,15H,5,8H2,1-4H3. The highest BCUT2D eigenvalue weighted by atomic mass is 16.6. The molecule has 0 amide bonds. The summed E-state index contributed by atoms with van der Waals surface area (Å²) in [6, 6.07) is 3.13. The zero-order valence-corrected chi connectivity index (χ0v) is 11.2. The second-order valence-corrected chi connectivity index (χ2v) is 4.80. The summed E-state index contributed by atoms with van der Waals surface area (Å²) in [6.45, 7) is 7.16. The van der Waals surface area contributed by atoms with Crippen molar-refractivity contribution in [2.45, 2.75) is 39.7 Å². The van der Waals surface area contributed by atoms with E-state index in [0.29, 0.717) is 17.7 Å². The molecular weight excluding hydrogens is 234 g/mol. The number of nitro benzene ring substituents is 1. The topological polar surface area (TPSA) is 72.6 Å². The van der Waals surface area contributed by atoms with Gasteiger partial charge in [0.1, 0.15) is 12.4 Å². The molecule has 0 saturated heterocycles. The largest absolute Gasteiger partial charge is 0.490 e. The average molecular weight is 253 g/mol. The van der Waals surface area contributed by atoms with Gasteiger partial charge >= 0.3 is 0 Å². The number of ether oxygens (including phenoxy) is 1. The second-order valence-electron chi connectivity index (χ2n) is 4.80. The third-order valence-electron chi connectivity index (χ3n) is 2.99. The van der Waals surface area contributed by atoms with E-state index in [2.05, 4.69) is 0 Å². The maximum Gasteiger partial charge on any atom is 0.276 e. The van der Waals surface area contributed by atoms with E-state index in [0.717, 1.165) is 5.56 Å². The number of nitro groups is 1. The van der Waals surface area contributed by atoms with Crippen molar-refractivity contribution in [2.75, 3.05) is 6.61 Å². The number of hydrogen-bond donors (Lipinski definition) is 1. The number of hydrogen-bond acceptors (Lipinski definition) is 4. The Labute approximate surface area is 107 Å². The van der Waals surface area contributed by atoms with E-state index >= 15 is 0 Å². The maximum absolute atomic E-state index is 10.8. The Balaban J connectivity index is 2.96. The van der Waals surface area contributed by atoms with E-state index in [1.807, 2.05) is 13.8 Å². The third kappa shape index (κ3) is 3.43. The Hall–Kier alpha value is -1.62. The van der Waals surface area contributed by atoms with Gasteiger partial charge in [-0.05, 0) is 38.8 Å². The lowest BCUT2D eigenvalue weighted by Gasteiger charge is -2.22. The zero-order chi connectivity index (χ0) is 13.9. The van der Waals surface area contributed by atoms with Gasteiger partial charge in [0.15, 0.2) is 0 Å². The Bertz CT molecular complexity index is 455. The molecule has 1 N–H and O–H groups in total. The minimum Gasteiger partial charge on any atom is -0.490 e. The van der Waals surface area contributed by atoms with Gasteiger partial charge in [-0.1, -0.05) is 6.92 Å². The van der Waals surface area contributed by atoms with E-state index in [4.69, 9.17) is 4.74 Å². The molecule has 0 aliphatic carbocycles. The van der Waals surface area contributed by atoms with Crippen LogP contribution in [0.5, 0.6) is 5.75 Å². The van der Waals surface area contributed by atoms with Crippen LogP contribution >= 0.6 is 0 Å². The van der Waals surface area contributed by atoms with Crippen LogP contribution in [0.25, 0.3) is 0 Å². The summed E-state index contributed by atoms with van der Waals surface area (Å²) in [4.78, 5) is 10.4. The highest BCUT2D eigenvalue weighted by Crippen LogP contribution is 2.28. The van der Waals surface area contributed by atoms with Crippen LogP contribution in [0.4, 0.5) is 5.69 Å². The molecule has 0 heterocycles. The van der Waals surface area contributed by atoms with Crippen LogP contribution in [0, 0.1) is 24.0 Å². The number of aryl methyl sites for hydroxylation is 2. The minimum absolute atomic E-state index is 0.0340. The van der Waals surface area contributed by atoms with E-state index in [-0.39, 0.29) is 12.3 Å². The lowest BCUT2D eigenvalue weighted by atomic mass is 10.1. The molecule has 0 bridgehead atoms. The van der Waals surface area contributed by atoms with Crippen molar-refractivity contribution >= 4 is 5.69 Å². The minimum atomic E-state index is -0.924. The summed E-state index contributed by atoms with van der Waals surface area (Å²) in [5.74, 6) is 0.445. The highest BCUT2D eigenvalue weighted by molar-refractivity contribution is 5.49. The van der Waals surface area contributed by atoms with Crippen LogP contribution in [0.1, 0.15) is 31.4 Å². The molecule has 0 saturated carbocycles. The van der Waals surface area contributed by atoms with Crippen molar-refractivity contribution in [3.05, 3.63) is 33.4 Å². The van der Waals surface area contributed by atoms with Crippen LogP contribution in [0.15, 0.2) is 12.1 Å². The van der Waals surface area contributed by atoms with Crippen molar-refractivity contribution in [3.63, 3.8) is 0 Å². The number of rotatable bonds is 5. The van der Waals surface area contributed by atoms with E-state index in [1.54, 1.807) is 19.9 Å². The fraction of sp³-hybridized carbons (Fsp3) is 0.538. The first-order valence-electron chi connectivity index (χ1n) is 5.87. The molecule has 5 heteroatoms. The van der Waals surface area contributed by atoms with Crippen LogP contribution in [0.3, 0.4) is 0 Å². The fourth-order valence-corrected chi connectivity index (χ4v) is 1.51. The highest BCUT2D eigenvalue weighted by Gasteiger charge is 2.20. The van der Waals surface area contributed by atoms with Gasteiger partial charge in [-0.15, -0.1) is 0 Å². The third-order valence-corrected chi connectivity index (χ3v) is 2.99. The van der Waals surface area contributed by atoms with Crippen molar-refractivity contribution in [2.24, 2.45) is 0 Å². The van der Waals surface area contributed by atoms with Crippen LogP contribution in [-0.2, 0) is 0 Å². The summed E-state index contributed by atoms with van der Waals surface area (Å²) < 4.78 is 5.48. The molecule has 1 unspecified atom stereocenters. The molecule has 1 rings (SSSR count). The van der Waals surface area contributed by atoms with Crippen LogP contribution in [-0.4, -0.2) is 22.2 Å².